The summed E-state index contributed by atoms with van der Waals surface area (Å²) in [5, 5.41) is 20.4. The number of ether oxygens (including phenoxy) is 1. The van der Waals surface area contributed by atoms with Gasteiger partial charge in [-0.2, -0.15) is 0 Å². The molecule has 5 nitrogen and oxygen atoms in total. The molecule has 0 aromatic carbocycles. The normalized spacial score (nSPS) is 13.4. The third-order valence-electron chi connectivity index (χ3n) is 1.23. The number of rotatable bonds is 2. The van der Waals surface area contributed by atoms with Gasteiger partial charge in [0.15, 0.2) is 0 Å². The van der Waals surface area contributed by atoms with Crippen molar-refractivity contribution in [2.45, 2.75) is 6.42 Å². The zero-order valence-corrected chi connectivity index (χ0v) is 14.1. The molecule has 0 amide bonds. The van der Waals surface area contributed by atoms with E-state index in [1.165, 1.54) is 12.2 Å². The summed E-state index contributed by atoms with van der Waals surface area (Å²) < 4.78 is 4.41. The van der Waals surface area contributed by atoms with Crippen LogP contribution in [0.2, 0.25) is 0 Å². The van der Waals surface area contributed by atoms with Gasteiger partial charge in [-0.3, -0.25) is 0 Å². The fraction of sp³-hybridized carbons (Fsp3) is 0.143. The van der Waals surface area contributed by atoms with Crippen LogP contribution in [0.1, 0.15) is 6.42 Å². The van der Waals surface area contributed by atoms with Crippen molar-refractivity contribution in [3.05, 3.63) is 23.7 Å². The van der Waals surface area contributed by atoms with Crippen LogP contribution in [0.15, 0.2) is 23.7 Å². The molecule has 0 saturated heterocycles. The van der Waals surface area contributed by atoms with Gasteiger partial charge in [0.2, 0.25) is 0 Å². The molecule has 0 bridgehead atoms. The van der Waals surface area contributed by atoms with E-state index in [1.54, 1.807) is 0 Å². The van der Waals surface area contributed by atoms with E-state index < -0.39 is 23.5 Å². The molecular formula is C7H4K2O5. The Hall–Kier alpha value is 1.49. The van der Waals surface area contributed by atoms with E-state index in [2.05, 4.69) is 4.74 Å². The molecular weight excluding hydrogens is 242 g/mol. The third kappa shape index (κ3) is 5.54. The van der Waals surface area contributed by atoms with Crippen molar-refractivity contribution in [2.24, 2.45) is 0 Å². The van der Waals surface area contributed by atoms with E-state index in [0.29, 0.717) is 0 Å². The van der Waals surface area contributed by atoms with Crippen molar-refractivity contribution in [1.82, 2.24) is 0 Å². The molecule has 0 aromatic rings. The number of carbonyl (C=O) groups excluding carboxylic acids is 2. The van der Waals surface area contributed by atoms with Gasteiger partial charge in [-0.25, -0.2) is 0 Å². The summed E-state index contributed by atoms with van der Waals surface area (Å²) in [6, 6.07) is 0. The summed E-state index contributed by atoms with van der Waals surface area (Å²) in [4.78, 5) is 20.4. The monoisotopic (exact) mass is 246 g/mol. The van der Waals surface area contributed by atoms with Gasteiger partial charge in [-0.1, -0.05) is 0 Å². The van der Waals surface area contributed by atoms with Crippen molar-refractivity contribution in [2.75, 3.05) is 0 Å². The average Bonchev–Trinajstić information content (AvgIpc) is 2.04. The van der Waals surface area contributed by atoms with Crippen LogP contribution in [0.25, 0.3) is 0 Å². The van der Waals surface area contributed by atoms with Gasteiger partial charge in [0.1, 0.15) is 23.5 Å². The number of aliphatic carboxylic acids is 2. The fourth-order valence-corrected chi connectivity index (χ4v) is 0.725. The van der Waals surface area contributed by atoms with E-state index in [9.17, 15) is 19.8 Å². The first kappa shape index (κ1) is 17.9. The zero-order valence-electron chi connectivity index (χ0n) is 7.90. The molecule has 0 aromatic heterocycles. The number of carboxylic acids is 2. The maximum Gasteiger partial charge on any atom is 1.00 e. The summed E-state index contributed by atoms with van der Waals surface area (Å²) in [6.07, 6.45) is 2.61. The zero-order chi connectivity index (χ0) is 9.14. The Bertz CT molecular complexity index is 266. The molecule has 0 N–H and O–H groups in total. The van der Waals surface area contributed by atoms with Crippen LogP contribution in [-0.2, 0) is 14.3 Å². The van der Waals surface area contributed by atoms with Gasteiger partial charge in [-0.05, 0) is 18.6 Å². The first-order valence-corrected chi connectivity index (χ1v) is 3.12. The minimum absolute atomic E-state index is 0. The number of carbonyl (C=O) groups is 2. The van der Waals surface area contributed by atoms with Gasteiger partial charge < -0.3 is 24.5 Å². The van der Waals surface area contributed by atoms with E-state index in [-0.39, 0.29) is 109 Å². The topological polar surface area (TPSA) is 89.5 Å². The van der Waals surface area contributed by atoms with Crippen molar-refractivity contribution >= 4 is 11.9 Å². The first-order chi connectivity index (χ1) is 5.61. The van der Waals surface area contributed by atoms with Gasteiger partial charge in [-0.15, -0.1) is 0 Å². The minimum atomic E-state index is -1.54. The number of hydrogen-bond acceptors (Lipinski definition) is 5. The Labute approximate surface area is 165 Å². The Morgan fingerprint density at radius 1 is 1.07 bits per heavy atom. The summed E-state index contributed by atoms with van der Waals surface area (Å²) >= 11 is 0. The first-order valence-electron chi connectivity index (χ1n) is 3.12. The van der Waals surface area contributed by atoms with Crippen LogP contribution < -0.4 is 113 Å². The summed E-state index contributed by atoms with van der Waals surface area (Å²) in [6.45, 7) is 0. The molecule has 1 aliphatic heterocycles. The number of carboxylic acid groups (broad SMARTS) is 2. The molecule has 0 radical (unpaired) electrons. The van der Waals surface area contributed by atoms with E-state index in [4.69, 9.17) is 0 Å². The molecule has 0 fully saturated rings. The molecule has 0 aliphatic carbocycles. The van der Waals surface area contributed by atoms with Crippen molar-refractivity contribution in [1.29, 1.82) is 0 Å². The van der Waals surface area contributed by atoms with Crippen molar-refractivity contribution in [3.63, 3.8) is 0 Å². The van der Waals surface area contributed by atoms with Gasteiger partial charge in [0.25, 0.3) is 0 Å². The molecule has 1 heterocycles. The van der Waals surface area contributed by atoms with E-state index in [0.717, 1.165) is 0 Å². The second kappa shape index (κ2) is 8.62. The molecule has 0 spiro atoms. The molecule has 0 atom stereocenters. The van der Waals surface area contributed by atoms with Gasteiger partial charge in [0.05, 0.1) is 0 Å². The Balaban J connectivity index is 0. The maximum absolute atomic E-state index is 10.2. The van der Waals surface area contributed by atoms with Crippen LogP contribution in [0, 0.1) is 0 Å². The van der Waals surface area contributed by atoms with Crippen LogP contribution in [0.4, 0.5) is 0 Å². The van der Waals surface area contributed by atoms with E-state index in [1.807, 2.05) is 0 Å². The third-order valence-corrected chi connectivity index (χ3v) is 1.23. The summed E-state index contributed by atoms with van der Waals surface area (Å²) in [7, 11) is 0. The van der Waals surface area contributed by atoms with Crippen molar-refractivity contribution in [3.8, 4) is 0 Å². The maximum atomic E-state index is 10.2. The second-order valence-corrected chi connectivity index (χ2v) is 2.05. The molecule has 1 aliphatic rings. The Kier molecular flexibility index (Phi) is 11.0. The van der Waals surface area contributed by atoms with Crippen LogP contribution >= 0.6 is 0 Å². The molecule has 7 heteroatoms. The fourth-order valence-electron chi connectivity index (χ4n) is 0.725. The average molecular weight is 246 g/mol. The molecule has 64 valence electrons. The smallest absolute Gasteiger partial charge is 0.542 e. The quantitative estimate of drug-likeness (QED) is 0.451. The summed E-state index contributed by atoms with van der Waals surface area (Å²) in [5.74, 6) is -4.06. The number of allylic oxidation sites excluding steroid dienone is 2. The minimum Gasteiger partial charge on any atom is -0.542 e. The van der Waals surface area contributed by atoms with Crippen LogP contribution in [0.3, 0.4) is 0 Å². The Morgan fingerprint density at radius 2 is 1.43 bits per heavy atom. The van der Waals surface area contributed by atoms with Crippen LogP contribution in [0.5, 0.6) is 0 Å². The van der Waals surface area contributed by atoms with Gasteiger partial charge in [0, 0.05) is 0 Å². The SMILES string of the molecule is O=C([O-])C1=CCC=C(C(=O)[O-])O1.[K+].[K+]. The van der Waals surface area contributed by atoms with Gasteiger partial charge >= 0.3 is 103 Å². The molecule has 14 heavy (non-hydrogen) atoms. The molecule has 1 rings (SSSR count). The largest absolute Gasteiger partial charge is 1.00 e. The second-order valence-electron chi connectivity index (χ2n) is 2.05. The number of hydrogen-bond donors (Lipinski definition) is 0. The Morgan fingerprint density at radius 3 is 1.71 bits per heavy atom. The van der Waals surface area contributed by atoms with E-state index >= 15 is 0 Å². The van der Waals surface area contributed by atoms with Crippen LogP contribution in [-0.4, -0.2) is 11.9 Å². The predicted molar refractivity (Wildman–Crippen MR) is 31.9 cm³/mol. The van der Waals surface area contributed by atoms with Crippen molar-refractivity contribution < 1.29 is 127 Å². The predicted octanol–water partition coefficient (Wildman–Crippen LogP) is -8.32. The molecule has 0 unspecified atom stereocenters. The summed E-state index contributed by atoms with van der Waals surface area (Å²) in [5.41, 5.74) is 0. The standard InChI is InChI=1S/C7H6O5.2K/c8-6(9)4-2-1-3-5(12-4)7(10)11;;/h2-3H,1H2,(H,8,9)(H,10,11);;/q;2*+1/p-2. The molecule has 0 saturated carbocycles.